The van der Waals surface area contributed by atoms with Gasteiger partial charge in [0.05, 0.1) is 0 Å². The van der Waals surface area contributed by atoms with Gasteiger partial charge in [0.1, 0.15) is 0 Å². The van der Waals surface area contributed by atoms with Gasteiger partial charge < -0.3 is 5.32 Å². The summed E-state index contributed by atoms with van der Waals surface area (Å²) in [6, 6.07) is 1.58. The Labute approximate surface area is 108 Å². The summed E-state index contributed by atoms with van der Waals surface area (Å²) in [7, 11) is 0. The van der Waals surface area contributed by atoms with Gasteiger partial charge in [-0.05, 0) is 51.7 Å². The molecule has 2 nitrogen and oxygen atoms in total. The molecule has 1 saturated heterocycles. The van der Waals surface area contributed by atoms with Gasteiger partial charge in [-0.1, -0.05) is 33.6 Å². The van der Waals surface area contributed by atoms with Crippen LogP contribution in [0.25, 0.3) is 0 Å². The monoisotopic (exact) mass is 240 g/mol. The lowest BCUT2D eigenvalue weighted by atomic mass is 9.92. The SMILES string of the molecule is CCCC1CCCCN1C(C)C(C)CNCC. The van der Waals surface area contributed by atoms with Crippen molar-refractivity contribution in [1.29, 1.82) is 0 Å². The van der Waals surface area contributed by atoms with Crippen LogP contribution in [0.3, 0.4) is 0 Å². The van der Waals surface area contributed by atoms with E-state index in [1.165, 1.54) is 38.6 Å². The van der Waals surface area contributed by atoms with Crippen molar-refractivity contribution >= 4 is 0 Å². The molecule has 2 heteroatoms. The number of nitrogens with zero attached hydrogens (tertiary/aromatic N) is 1. The van der Waals surface area contributed by atoms with Crippen LogP contribution < -0.4 is 5.32 Å². The molecule has 17 heavy (non-hydrogen) atoms. The molecule has 0 aromatic heterocycles. The van der Waals surface area contributed by atoms with Gasteiger partial charge >= 0.3 is 0 Å². The van der Waals surface area contributed by atoms with Crippen molar-refractivity contribution in [2.24, 2.45) is 5.92 Å². The second-order valence-corrected chi connectivity index (χ2v) is 5.70. The van der Waals surface area contributed by atoms with Crippen LogP contribution in [-0.4, -0.2) is 36.6 Å². The first-order valence-corrected chi connectivity index (χ1v) is 7.67. The Morgan fingerprint density at radius 3 is 2.65 bits per heavy atom. The van der Waals surface area contributed by atoms with Gasteiger partial charge in [0.2, 0.25) is 0 Å². The Kier molecular flexibility index (Phi) is 7.14. The van der Waals surface area contributed by atoms with Gasteiger partial charge in [-0.15, -0.1) is 0 Å². The van der Waals surface area contributed by atoms with Crippen molar-refractivity contribution in [2.45, 2.75) is 71.9 Å². The molecule has 3 atom stereocenters. The van der Waals surface area contributed by atoms with E-state index in [9.17, 15) is 0 Å². The minimum absolute atomic E-state index is 0.728. The first-order valence-electron chi connectivity index (χ1n) is 7.67. The van der Waals surface area contributed by atoms with Crippen molar-refractivity contribution < 1.29 is 0 Å². The highest BCUT2D eigenvalue weighted by Gasteiger charge is 2.28. The number of piperidine rings is 1. The summed E-state index contributed by atoms with van der Waals surface area (Å²) in [4.78, 5) is 2.79. The van der Waals surface area contributed by atoms with Crippen LogP contribution in [0.15, 0.2) is 0 Å². The first kappa shape index (κ1) is 15.0. The van der Waals surface area contributed by atoms with Crippen LogP contribution in [0.1, 0.15) is 59.8 Å². The van der Waals surface area contributed by atoms with Gasteiger partial charge in [-0.2, -0.15) is 0 Å². The Bertz CT molecular complexity index is 191. The summed E-state index contributed by atoms with van der Waals surface area (Å²) in [6.07, 6.45) is 6.98. The summed E-state index contributed by atoms with van der Waals surface area (Å²) >= 11 is 0. The Morgan fingerprint density at radius 2 is 2.00 bits per heavy atom. The summed E-state index contributed by atoms with van der Waals surface area (Å²) in [5, 5.41) is 3.49. The smallest absolute Gasteiger partial charge is 0.0108 e. The number of likely N-dealkylation sites (tertiary alicyclic amines) is 1. The van der Waals surface area contributed by atoms with Crippen LogP contribution in [-0.2, 0) is 0 Å². The zero-order chi connectivity index (χ0) is 12.7. The molecule has 1 rings (SSSR count). The minimum atomic E-state index is 0.728. The zero-order valence-electron chi connectivity index (χ0n) is 12.3. The molecule has 1 N–H and O–H groups in total. The highest BCUT2D eigenvalue weighted by molar-refractivity contribution is 4.83. The quantitative estimate of drug-likeness (QED) is 0.735. The second kappa shape index (κ2) is 8.10. The number of nitrogens with one attached hydrogen (secondary N) is 1. The maximum Gasteiger partial charge on any atom is 0.0108 e. The third-order valence-electron chi connectivity index (χ3n) is 4.36. The highest BCUT2D eigenvalue weighted by Crippen LogP contribution is 2.25. The van der Waals surface area contributed by atoms with Gasteiger partial charge in [0, 0.05) is 12.1 Å². The summed E-state index contributed by atoms with van der Waals surface area (Å²) in [6.45, 7) is 12.9. The molecule has 0 radical (unpaired) electrons. The molecule has 0 aromatic carbocycles. The fourth-order valence-corrected chi connectivity index (χ4v) is 3.07. The van der Waals surface area contributed by atoms with E-state index in [1.54, 1.807) is 0 Å². The van der Waals surface area contributed by atoms with Gasteiger partial charge in [-0.25, -0.2) is 0 Å². The van der Waals surface area contributed by atoms with E-state index in [1.807, 2.05) is 0 Å². The summed E-state index contributed by atoms with van der Waals surface area (Å²) in [5.41, 5.74) is 0. The number of hydrogen-bond acceptors (Lipinski definition) is 2. The van der Waals surface area contributed by atoms with Gasteiger partial charge in [0.15, 0.2) is 0 Å². The summed E-state index contributed by atoms with van der Waals surface area (Å²) in [5.74, 6) is 0.757. The minimum Gasteiger partial charge on any atom is -0.317 e. The molecule has 1 fully saturated rings. The van der Waals surface area contributed by atoms with E-state index in [2.05, 4.69) is 37.9 Å². The third kappa shape index (κ3) is 4.59. The predicted molar refractivity (Wildman–Crippen MR) is 76.4 cm³/mol. The fraction of sp³-hybridized carbons (Fsp3) is 1.00. The Morgan fingerprint density at radius 1 is 1.24 bits per heavy atom. The third-order valence-corrected chi connectivity index (χ3v) is 4.36. The van der Waals surface area contributed by atoms with Crippen LogP contribution in [0.4, 0.5) is 0 Å². The summed E-state index contributed by atoms with van der Waals surface area (Å²) < 4.78 is 0. The van der Waals surface area contributed by atoms with E-state index >= 15 is 0 Å². The largest absolute Gasteiger partial charge is 0.317 e. The fourth-order valence-electron chi connectivity index (χ4n) is 3.07. The molecule has 0 aromatic rings. The molecule has 0 saturated carbocycles. The molecule has 0 aliphatic carbocycles. The standard InChI is InChI=1S/C15H32N2/c1-5-9-15-10-7-8-11-17(15)14(4)13(3)12-16-6-2/h13-16H,5-12H2,1-4H3. The molecular weight excluding hydrogens is 208 g/mol. The maximum absolute atomic E-state index is 3.49. The average Bonchev–Trinajstić information content (AvgIpc) is 2.36. The van der Waals surface area contributed by atoms with Crippen molar-refractivity contribution in [3.63, 3.8) is 0 Å². The van der Waals surface area contributed by atoms with Gasteiger partial charge in [0.25, 0.3) is 0 Å². The molecule has 102 valence electrons. The second-order valence-electron chi connectivity index (χ2n) is 5.70. The van der Waals surface area contributed by atoms with E-state index < -0.39 is 0 Å². The number of rotatable bonds is 7. The molecule has 0 spiro atoms. The normalized spacial score (nSPS) is 25.8. The zero-order valence-corrected chi connectivity index (χ0v) is 12.3. The molecule has 1 aliphatic rings. The highest BCUT2D eigenvalue weighted by atomic mass is 15.2. The lowest BCUT2D eigenvalue weighted by Gasteiger charge is -2.42. The Hall–Kier alpha value is -0.0800. The van der Waals surface area contributed by atoms with E-state index in [4.69, 9.17) is 0 Å². The van der Waals surface area contributed by atoms with Crippen molar-refractivity contribution in [3.8, 4) is 0 Å². The van der Waals surface area contributed by atoms with Crippen molar-refractivity contribution in [1.82, 2.24) is 10.2 Å². The van der Waals surface area contributed by atoms with E-state index in [-0.39, 0.29) is 0 Å². The number of hydrogen-bond donors (Lipinski definition) is 1. The van der Waals surface area contributed by atoms with Crippen molar-refractivity contribution in [2.75, 3.05) is 19.6 Å². The van der Waals surface area contributed by atoms with Gasteiger partial charge in [-0.3, -0.25) is 4.90 Å². The maximum atomic E-state index is 3.49. The van der Waals surface area contributed by atoms with Crippen LogP contribution in [0, 0.1) is 5.92 Å². The van der Waals surface area contributed by atoms with E-state index in [0.717, 1.165) is 31.1 Å². The lowest BCUT2D eigenvalue weighted by Crippen LogP contribution is -2.49. The molecule has 1 aliphatic heterocycles. The first-order chi connectivity index (χ1) is 8.20. The molecule has 0 bridgehead atoms. The van der Waals surface area contributed by atoms with Crippen LogP contribution >= 0.6 is 0 Å². The van der Waals surface area contributed by atoms with Crippen LogP contribution in [0.2, 0.25) is 0 Å². The van der Waals surface area contributed by atoms with E-state index in [0.29, 0.717) is 0 Å². The molecule has 1 heterocycles. The Balaban J connectivity index is 2.48. The molecule has 0 amide bonds. The lowest BCUT2D eigenvalue weighted by molar-refractivity contribution is 0.0693. The van der Waals surface area contributed by atoms with Crippen LogP contribution in [0.5, 0.6) is 0 Å². The molecule has 3 unspecified atom stereocenters. The topological polar surface area (TPSA) is 15.3 Å². The molecular formula is C15H32N2. The average molecular weight is 240 g/mol. The predicted octanol–water partition coefficient (Wildman–Crippen LogP) is 3.28. The van der Waals surface area contributed by atoms with Crippen molar-refractivity contribution in [3.05, 3.63) is 0 Å².